The second-order valence-corrected chi connectivity index (χ2v) is 13.1. The first-order chi connectivity index (χ1) is 23.9. The number of carbonyl (C=O) groups excluding carboxylic acids is 3. The molecule has 0 saturated carbocycles. The van der Waals surface area contributed by atoms with Crippen LogP contribution in [-0.2, 0) is 34.9 Å². The number of amides is 1. The van der Waals surface area contributed by atoms with Crippen molar-refractivity contribution in [2.45, 2.75) is 81.9 Å². The molecule has 5 N–H and O–H groups in total. The van der Waals surface area contributed by atoms with Gasteiger partial charge in [-0.2, -0.15) is 5.10 Å². The number of hydrogen-bond donors (Lipinski definition) is 5. The maximum absolute atomic E-state index is 14.0. The number of rotatable bonds is 7. The average Bonchev–Trinajstić information content (AvgIpc) is 3.47. The number of hydrogen-bond acceptors (Lipinski definition) is 15. The molecule has 1 unspecified atom stereocenters. The number of aromatic hydroxyl groups is 2. The maximum Gasteiger partial charge on any atom is 0.236 e. The molecule has 268 valence electrons. The minimum absolute atomic E-state index is 0.0336. The standard InChI is InChI=1S/C34H39N3O13/c1-14-31-18(37-8-9-47-33(46-4)32(37)50-31)10-22(48-14)49-20-12-34(44,21(13-38)36-35-15(2)39)11-17-24(20)30(43)26-25(28(17)41)27(40)16-6-5-7-19(45-3)23(16)29(26)42/h5-7,14,18,20,22,31-33,38,41,43-44H,8-13H2,1-4H3,(H,35,39)/b36-21+/t14-,18?,20-,22-,31+,32+,33-,34-/m0/s1. The zero-order valence-electron chi connectivity index (χ0n) is 27.9. The zero-order valence-corrected chi connectivity index (χ0v) is 27.9. The number of morpholine rings is 1. The number of nitrogens with one attached hydrogen (secondary N) is 1. The van der Waals surface area contributed by atoms with Crippen LogP contribution in [0.4, 0.5) is 0 Å². The monoisotopic (exact) mass is 697 g/mol. The molecule has 2 aliphatic carbocycles. The first-order valence-corrected chi connectivity index (χ1v) is 16.3. The van der Waals surface area contributed by atoms with Gasteiger partial charge in [-0.05, 0) is 13.0 Å². The molecule has 16 nitrogen and oxygen atoms in total. The fraction of sp³-hybridized carbons (Fsp3) is 0.529. The number of benzene rings is 2. The quantitative estimate of drug-likeness (QED) is 0.130. The Hall–Kier alpha value is -4.00. The third-order valence-corrected chi connectivity index (χ3v) is 10.2. The van der Waals surface area contributed by atoms with Gasteiger partial charge in [0.1, 0.15) is 29.0 Å². The van der Waals surface area contributed by atoms with Crippen molar-refractivity contribution in [2.24, 2.45) is 5.10 Å². The molecule has 0 radical (unpaired) electrons. The van der Waals surface area contributed by atoms with Gasteiger partial charge in [0.15, 0.2) is 24.6 Å². The van der Waals surface area contributed by atoms with Crippen LogP contribution in [0.25, 0.3) is 0 Å². The lowest BCUT2D eigenvalue weighted by atomic mass is 9.71. The molecule has 7 rings (SSSR count). The van der Waals surface area contributed by atoms with E-state index >= 15 is 0 Å². The summed E-state index contributed by atoms with van der Waals surface area (Å²) in [5, 5.41) is 50.0. The van der Waals surface area contributed by atoms with E-state index in [9.17, 15) is 34.8 Å². The lowest BCUT2D eigenvalue weighted by molar-refractivity contribution is -0.255. The van der Waals surface area contributed by atoms with Crippen molar-refractivity contribution in [3.05, 3.63) is 51.6 Å². The van der Waals surface area contributed by atoms with Gasteiger partial charge in [0.05, 0.1) is 54.9 Å². The molecular formula is C34H39N3O13. The summed E-state index contributed by atoms with van der Waals surface area (Å²) < 4.78 is 35.7. The van der Waals surface area contributed by atoms with Gasteiger partial charge in [-0.3, -0.25) is 19.3 Å². The van der Waals surface area contributed by atoms with Crippen molar-refractivity contribution < 1.29 is 63.2 Å². The molecule has 16 heteroatoms. The summed E-state index contributed by atoms with van der Waals surface area (Å²) in [6.45, 7) is 3.22. The molecule has 0 aromatic heterocycles. The van der Waals surface area contributed by atoms with Crippen molar-refractivity contribution in [3.63, 3.8) is 0 Å². The summed E-state index contributed by atoms with van der Waals surface area (Å²) >= 11 is 0. The molecule has 0 bridgehead atoms. The fourth-order valence-electron chi connectivity index (χ4n) is 7.98. The van der Waals surface area contributed by atoms with Gasteiger partial charge in [-0.1, -0.05) is 12.1 Å². The minimum atomic E-state index is -2.06. The molecule has 2 aromatic rings. The van der Waals surface area contributed by atoms with Gasteiger partial charge < -0.3 is 48.8 Å². The van der Waals surface area contributed by atoms with E-state index < -0.39 is 89.7 Å². The molecule has 3 saturated heterocycles. The van der Waals surface area contributed by atoms with Crippen LogP contribution in [-0.4, -0.2) is 125 Å². The fourth-order valence-corrected chi connectivity index (χ4v) is 7.98. The number of nitrogens with zero attached hydrogens (tertiary/aromatic N) is 2. The van der Waals surface area contributed by atoms with Gasteiger partial charge in [-0.25, -0.2) is 5.43 Å². The highest BCUT2D eigenvalue weighted by Gasteiger charge is 2.55. The Balaban J connectivity index is 1.32. The highest BCUT2D eigenvalue weighted by Crippen LogP contribution is 2.53. The Labute approximate surface area is 286 Å². The number of hydrazone groups is 1. The number of phenols is 2. The van der Waals surface area contributed by atoms with Crippen LogP contribution in [0.15, 0.2) is 23.3 Å². The first-order valence-electron chi connectivity index (χ1n) is 16.3. The lowest BCUT2D eigenvalue weighted by Gasteiger charge is -2.44. The molecule has 3 aliphatic heterocycles. The number of aliphatic hydroxyl groups excluding tert-OH is 1. The Morgan fingerprint density at radius 3 is 2.58 bits per heavy atom. The van der Waals surface area contributed by atoms with Gasteiger partial charge in [0, 0.05) is 62.6 Å². The van der Waals surface area contributed by atoms with E-state index in [2.05, 4.69) is 15.4 Å². The second kappa shape index (κ2) is 13.0. The number of phenolic OH excluding ortho intramolecular Hbond substituents is 2. The third kappa shape index (κ3) is 5.38. The van der Waals surface area contributed by atoms with E-state index in [4.69, 9.17) is 28.4 Å². The van der Waals surface area contributed by atoms with Crippen molar-refractivity contribution >= 4 is 23.2 Å². The van der Waals surface area contributed by atoms with Crippen molar-refractivity contribution in [3.8, 4) is 17.2 Å². The van der Waals surface area contributed by atoms with Crippen LogP contribution in [0.3, 0.4) is 0 Å². The highest BCUT2D eigenvalue weighted by molar-refractivity contribution is 6.31. The number of carbonyl (C=O) groups is 3. The minimum Gasteiger partial charge on any atom is -0.507 e. The van der Waals surface area contributed by atoms with E-state index in [1.165, 1.54) is 39.3 Å². The molecule has 0 spiro atoms. The summed E-state index contributed by atoms with van der Waals surface area (Å²) in [6.07, 6.45) is -4.64. The Kier molecular flexibility index (Phi) is 8.93. The number of aliphatic hydroxyl groups is 2. The van der Waals surface area contributed by atoms with Gasteiger partial charge >= 0.3 is 0 Å². The van der Waals surface area contributed by atoms with Crippen LogP contribution in [0.2, 0.25) is 0 Å². The van der Waals surface area contributed by atoms with Crippen molar-refractivity contribution in [1.29, 1.82) is 0 Å². The van der Waals surface area contributed by atoms with Crippen LogP contribution in [0.1, 0.15) is 75.8 Å². The summed E-state index contributed by atoms with van der Waals surface area (Å²) in [7, 11) is 2.88. The van der Waals surface area contributed by atoms with E-state index in [1.807, 2.05) is 6.92 Å². The van der Waals surface area contributed by atoms with E-state index in [-0.39, 0.29) is 52.3 Å². The predicted molar refractivity (Wildman–Crippen MR) is 170 cm³/mol. The molecule has 3 fully saturated rings. The smallest absolute Gasteiger partial charge is 0.236 e. The molecule has 50 heavy (non-hydrogen) atoms. The lowest BCUT2D eigenvalue weighted by Crippen LogP contribution is -2.55. The SMILES string of the molecule is COc1cccc2c1C(=O)c1c(O)c3c(c(O)c1C2=O)C[C@@](O)(/C(CO)=N/NC(C)=O)C[C@@H]3O[C@H]1CC2[C@H](O[C@@H]3[C@@H](OC)OCCN23)[C@H](C)O1. The Bertz CT molecular complexity index is 1780. The van der Waals surface area contributed by atoms with Crippen LogP contribution >= 0.6 is 0 Å². The van der Waals surface area contributed by atoms with Crippen LogP contribution in [0, 0.1) is 0 Å². The van der Waals surface area contributed by atoms with Gasteiger partial charge in [-0.15, -0.1) is 0 Å². The number of ketones is 2. The summed E-state index contributed by atoms with van der Waals surface area (Å²) in [6, 6.07) is 4.27. The normalized spacial score (nSPS) is 32.0. The zero-order chi connectivity index (χ0) is 35.6. The van der Waals surface area contributed by atoms with Crippen LogP contribution in [0.5, 0.6) is 17.2 Å². The molecular weight excluding hydrogens is 658 g/mol. The molecule has 8 atom stereocenters. The summed E-state index contributed by atoms with van der Waals surface area (Å²) in [5.74, 6) is -3.19. The number of methoxy groups -OCH3 is 2. The van der Waals surface area contributed by atoms with Crippen LogP contribution < -0.4 is 10.2 Å². The second-order valence-electron chi connectivity index (χ2n) is 13.1. The van der Waals surface area contributed by atoms with E-state index in [0.717, 1.165) is 0 Å². The van der Waals surface area contributed by atoms with Crippen molar-refractivity contribution in [2.75, 3.05) is 34.0 Å². The molecule has 2 aromatic carbocycles. The first kappa shape index (κ1) is 34.4. The van der Waals surface area contributed by atoms with Gasteiger partial charge in [0.2, 0.25) is 11.7 Å². The predicted octanol–water partition coefficient (Wildman–Crippen LogP) is 0.634. The Morgan fingerprint density at radius 1 is 1.12 bits per heavy atom. The summed E-state index contributed by atoms with van der Waals surface area (Å²) in [5.41, 5.74) is -1.21. The average molecular weight is 698 g/mol. The summed E-state index contributed by atoms with van der Waals surface area (Å²) in [4.78, 5) is 41.7. The highest BCUT2D eigenvalue weighted by atomic mass is 16.7. The molecule has 3 heterocycles. The largest absolute Gasteiger partial charge is 0.507 e. The molecule has 5 aliphatic rings. The van der Waals surface area contributed by atoms with Crippen molar-refractivity contribution in [1.82, 2.24) is 10.3 Å². The number of fused-ring (bicyclic) bond motifs is 6. The number of ether oxygens (including phenoxy) is 6. The van der Waals surface area contributed by atoms with Gasteiger partial charge in [0.25, 0.3) is 0 Å². The van der Waals surface area contributed by atoms with E-state index in [1.54, 1.807) is 0 Å². The topological polar surface area (TPSA) is 215 Å². The Morgan fingerprint density at radius 2 is 1.88 bits per heavy atom. The third-order valence-electron chi connectivity index (χ3n) is 10.2. The van der Waals surface area contributed by atoms with E-state index in [0.29, 0.717) is 19.6 Å². The molecule has 1 amide bonds. The maximum atomic E-state index is 14.0.